The molecule has 2 aliphatic rings. The molecule has 4 rings (SSSR count). The van der Waals surface area contributed by atoms with Gasteiger partial charge >= 0.3 is 0 Å². The molecule has 1 saturated heterocycles. The van der Waals surface area contributed by atoms with Crippen LogP contribution in [-0.4, -0.2) is 54.7 Å². The van der Waals surface area contributed by atoms with Crippen LogP contribution in [0, 0.1) is 5.82 Å². The third kappa shape index (κ3) is 3.88. The van der Waals surface area contributed by atoms with Crippen LogP contribution < -0.4 is 4.74 Å². The highest BCUT2D eigenvalue weighted by molar-refractivity contribution is 5.52. The van der Waals surface area contributed by atoms with Gasteiger partial charge in [-0.05, 0) is 18.6 Å². The Hall–Kier alpha value is -2.44. The van der Waals surface area contributed by atoms with Crippen molar-refractivity contribution in [3.8, 4) is 5.75 Å². The summed E-state index contributed by atoms with van der Waals surface area (Å²) in [6.07, 6.45) is 1.02. The molecule has 0 saturated carbocycles. The standard InChI is InChI=1S/C22H25FN2O3/c1-16-12-24(9-10-27-16)20-14-28-21-11-18(23)7-8-19(21)22(20)25(15-26)13-17-5-3-2-4-6-17/h2-8,11,15-16,20,22H,9-10,12-14H2,1H3/t16-,20+,22+/m1/s1. The second-order valence-corrected chi connectivity index (χ2v) is 7.45. The molecule has 3 atom stereocenters. The third-order valence-electron chi connectivity index (χ3n) is 5.51. The maximum Gasteiger partial charge on any atom is 0.210 e. The number of benzene rings is 2. The Labute approximate surface area is 164 Å². The predicted octanol–water partition coefficient (Wildman–Crippen LogP) is 3.01. The van der Waals surface area contributed by atoms with E-state index in [0.717, 1.165) is 30.6 Å². The van der Waals surface area contributed by atoms with Crippen LogP contribution in [0.25, 0.3) is 0 Å². The van der Waals surface area contributed by atoms with Crippen LogP contribution in [0.2, 0.25) is 0 Å². The summed E-state index contributed by atoms with van der Waals surface area (Å²) in [7, 11) is 0. The average molecular weight is 384 g/mol. The van der Waals surface area contributed by atoms with Crippen molar-refractivity contribution < 1.29 is 18.7 Å². The number of ether oxygens (including phenoxy) is 2. The molecule has 2 aliphatic heterocycles. The van der Waals surface area contributed by atoms with E-state index < -0.39 is 0 Å². The molecule has 0 bridgehead atoms. The van der Waals surface area contributed by atoms with Crippen LogP contribution in [0.5, 0.6) is 5.75 Å². The fourth-order valence-corrected chi connectivity index (χ4v) is 4.20. The fraction of sp³-hybridized carbons (Fsp3) is 0.409. The summed E-state index contributed by atoms with van der Waals surface area (Å²) < 4.78 is 25.4. The van der Waals surface area contributed by atoms with Gasteiger partial charge in [0.1, 0.15) is 18.2 Å². The van der Waals surface area contributed by atoms with E-state index in [1.54, 1.807) is 11.0 Å². The van der Waals surface area contributed by atoms with E-state index in [9.17, 15) is 9.18 Å². The number of nitrogens with zero attached hydrogens (tertiary/aromatic N) is 2. The molecule has 28 heavy (non-hydrogen) atoms. The van der Waals surface area contributed by atoms with Gasteiger partial charge in [0.05, 0.1) is 24.8 Å². The molecule has 0 aromatic heterocycles. The van der Waals surface area contributed by atoms with Gasteiger partial charge in [0.25, 0.3) is 0 Å². The number of carbonyl (C=O) groups is 1. The number of morpholine rings is 1. The van der Waals surface area contributed by atoms with E-state index in [4.69, 9.17) is 9.47 Å². The molecular formula is C22H25FN2O3. The lowest BCUT2D eigenvalue weighted by molar-refractivity contribution is -0.125. The van der Waals surface area contributed by atoms with Gasteiger partial charge in [0.2, 0.25) is 6.41 Å². The second-order valence-electron chi connectivity index (χ2n) is 7.45. The van der Waals surface area contributed by atoms with E-state index in [0.29, 0.717) is 25.5 Å². The maximum atomic E-state index is 13.8. The molecule has 2 aromatic rings. The molecule has 0 radical (unpaired) electrons. The topological polar surface area (TPSA) is 42.0 Å². The lowest BCUT2D eigenvalue weighted by Crippen LogP contribution is -2.55. The molecule has 5 nitrogen and oxygen atoms in total. The number of rotatable bonds is 5. The Morgan fingerprint density at radius 3 is 2.82 bits per heavy atom. The fourth-order valence-electron chi connectivity index (χ4n) is 4.20. The maximum absolute atomic E-state index is 13.8. The lowest BCUT2D eigenvalue weighted by Gasteiger charge is -2.46. The number of halogens is 1. The first-order chi connectivity index (χ1) is 13.7. The first-order valence-corrected chi connectivity index (χ1v) is 9.68. The van der Waals surface area contributed by atoms with Crippen LogP contribution in [0.1, 0.15) is 24.1 Å². The number of hydrogen-bond donors (Lipinski definition) is 0. The first kappa shape index (κ1) is 18.9. The van der Waals surface area contributed by atoms with Crippen molar-refractivity contribution in [2.24, 2.45) is 0 Å². The molecule has 6 heteroatoms. The highest BCUT2D eigenvalue weighted by Crippen LogP contribution is 2.39. The molecule has 0 aliphatic carbocycles. The van der Waals surface area contributed by atoms with Gasteiger partial charge in [0.15, 0.2) is 0 Å². The Bertz CT molecular complexity index is 817. The van der Waals surface area contributed by atoms with Crippen molar-refractivity contribution in [2.45, 2.75) is 31.7 Å². The van der Waals surface area contributed by atoms with Gasteiger partial charge in [0, 0.05) is 31.3 Å². The second kappa shape index (κ2) is 8.29. The highest BCUT2D eigenvalue weighted by atomic mass is 19.1. The molecule has 1 fully saturated rings. The van der Waals surface area contributed by atoms with Crippen LogP contribution in [0.4, 0.5) is 4.39 Å². The minimum atomic E-state index is -0.336. The highest BCUT2D eigenvalue weighted by Gasteiger charge is 2.40. The van der Waals surface area contributed by atoms with E-state index in [2.05, 4.69) is 11.8 Å². The van der Waals surface area contributed by atoms with Crippen molar-refractivity contribution in [1.29, 1.82) is 0 Å². The summed E-state index contributed by atoms with van der Waals surface area (Å²) in [5.74, 6) is 0.180. The van der Waals surface area contributed by atoms with Gasteiger partial charge in [-0.2, -0.15) is 0 Å². The minimum Gasteiger partial charge on any atom is -0.491 e. The van der Waals surface area contributed by atoms with E-state index in [-0.39, 0.29) is 24.0 Å². The van der Waals surface area contributed by atoms with Crippen LogP contribution in [0.3, 0.4) is 0 Å². The zero-order valence-electron chi connectivity index (χ0n) is 16.0. The Kier molecular flexibility index (Phi) is 5.59. The quantitative estimate of drug-likeness (QED) is 0.744. The normalized spacial score (nSPS) is 24.9. The summed E-state index contributed by atoms with van der Waals surface area (Å²) in [6.45, 7) is 5.16. The molecule has 2 heterocycles. The number of fused-ring (bicyclic) bond motifs is 1. The number of amides is 1. The van der Waals surface area contributed by atoms with E-state index in [1.165, 1.54) is 12.1 Å². The monoisotopic (exact) mass is 384 g/mol. The molecule has 0 spiro atoms. The molecule has 0 unspecified atom stereocenters. The Morgan fingerprint density at radius 2 is 2.07 bits per heavy atom. The summed E-state index contributed by atoms with van der Waals surface area (Å²) in [6, 6.07) is 14.3. The zero-order chi connectivity index (χ0) is 19.5. The number of carbonyl (C=O) groups excluding carboxylic acids is 1. The molecule has 1 amide bonds. The molecule has 0 N–H and O–H groups in total. The van der Waals surface area contributed by atoms with Gasteiger partial charge < -0.3 is 14.4 Å². The van der Waals surface area contributed by atoms with Gasteiger partial charge in [-0.1, -0.05) is 36.4 Å². The molecule has 148 valence electrons. The summed E-state index contributed by atoms with van der Waals surface area (Å²) >= 11 is 0. The SMILES string of the molecule is C[C@@H]1CN([C@H]2COc3cc(F)ccc3[C@@H]2N(C=O)Cc2ccccc2)CCO1. The number of hydrogen-bond acceptors (Lipinski definition) is 4. The summed E-state index contributed by atoms with van der Waals surface area (Å²) in [4.78, 5) is 16.3. The molecule has 2 aromatic carbocycles. The molecular weight excluding hydrogens is 359 g/mol. The Morgan fingerprint density at radius 1 is 1.25 bits per heavy atom. The van der Waals surface area contributed by atoms with Crippen molar-refractivity contribution in [1.82, 2.24) is 9.80 Å². The van der Waals surface area contributed by atoms with Crippen LogP contribution in [-0.2, 0) is 16.1 Å². The average Bonchev–Trinajstić information content (AvgIpc) is 2.72. The van der Waals surface area contributed by atoms with Gasteiger partial charge in [-0.3, -0.25) is 9.69 Å². The van der Waals surface area contributed by atoms with E-state index in [1.807, 2.05) is 30.3 Å². The first-order valence-electron chi connectivity index (χ1n) is 9.68. The largest absolute Gasteiger partial charge is 0.491 e. The van der Waals surface area contributed by atoms with Crippen LogP contribution in [0.15, 0.2) is 48.5 Å². The van der Waals surface area contributed by atoms with Gasteiger partial charge in [-0.25, -0.2) is 4.39 Å². The lowest BCUT2D eigenvalue weighted by atomic mass is 9.92. The smallest absolute Gasteiger partial charge is 0.210 e. The van der Waals surface area contributed by atoms with Crippen molar-refractivity contribution in [2.75, 3.05) is 26.3 Å². The Balaban J connectivity index is 1.69. The summed E-state index contributed by atoms with van der Waals surface area (Å²) in [5, 5.41) is 0. The van der Waals surface area contributed by atoms with Crippen LogP contribution >= 0.6 is 0 Å². The van der Waals surface area contributed by atoms with Crippen molar-refractivity contribution in [3.05, 3.63) is 65.5 Å². The van der Waals surface area contributed by atoms with Crippen molar-refractivity contribution in [3.63, 3.8) is 0 Å². The minimum absolute atomic E-state index is 0.0155. The van der Waals surface area contributed by atoms with Crippen molar-refractivity contribution >= 4 is 6.41 Å². The van der Waals surface area contributed by atoms with Gasteiger partial charge in [-0.15, -0.1) is 0 Å². The summed E-state index contributed by atoms with van der Waals surface area (Å²) in [5.41, 5.74) is 1.90. The predicted molar refractivity (Wildman–Crippen MR) is 103 cm³/mol. The van der Waals surface area contributed by atoms with E-state index >= 15 is 0 Å². The third-order valence-corrected chi connectivity index (χ3v) is 5.51. The zero-order valence-corrected chi connectivity index (χ0v) is 16.0.